The maximum atomic E-state index is 5.59. The van der Waals surface area contributed by atoms with Crippen molar-refractivity contribution < 1.29 is 0 Å². The molecule has 1 heterocycles. The van der Waals surface area contributed by atoms with E-state index in [1.807, 2.05) is 6.07 Å². The van der Waals surface area contributed by atoms with Crippen molar-refractivity contribution in [3.05, 3.63) is 24.3 Å². The van der Waals surface area contributed by atoms with Gasteiger partial charge in [0.25, 0.3) is 0 Å². The van der Waals surface area contributed by atoms with E-state index in [9.17, 15) is 0 Å². The van der Waals surface area contributed by atoms with E-state index in [0.717, 1.165) is 12.1 Å². The molecule has 0 spiro atoms. The largest absolute Gasteiger partial charge is 0.271 e. The zero-order chi connectivity index (χ0) is 13.8. The van der Waals surface area contributed by atoms with Gasteiger partial charge in [-0.3, -0.25) is 11.3 Å². The number of nitrogens with zero attached hydrogens (tertiary/aromatic N) is 2. The number of nitrogens with one attached hydrogen (secondary N) is 1. The second-order valence-electron chi connectivity index (χ2n) is 5.12. The van der Waals surface area contributed by atoms with E-state index in [1.165, 1.54) is 51.4 Å². The Morgan fingerprint density at radius 1 is 1.11 bits per heavy atom. The number of hydrogen-bond acceptors (Lipinski definition) is 4. The van der Waals surface area contributed by atoms with Crippen LogP contribution >= 0.6 is 0 Å². The Bertz CT molecular complexity index is 302. The molecule has 0 aliphatic rings. The molecule has 0 bridgehead atoms. The third-order valence-electron chi connectivity index (χ3n) is 3.51. The summed E-state index contributed by atoms with van der Waals surface area (Å²) in [5.41, 5.74) is 3.83. The third-order valence-corrected chi connectivity index (χ3v) is 3.51. The highest BCUT2D eigenvalue weighted by Crippen LogP contribution is 2.17. The third kappa shape index (κ3) is 7.23. The molecule has 1 rings (SSSR count). The van der Waals surface area contributed by atoms with Gasteiger partial charge in [-0.15, -0.1) is 0 Å². The van der Waals surface area contributed by atoms with Gasteiger partial charge in [0.15, 0.2) is 0 Å². The molecule has 3 N–H and O–H groups in total. The molecule has 0 aliphatic carbocycles. The first-order valence-electron chi connectivity index (χ1n) is 7.60. The van der Waals surface area contributed by atoms with Gasteiger partial charge in [-0.05, 0) is 12.5 Å². The van der Waals surface area contributed by atoms with Crippen LogP contribution in [0.4, 0.5) is 0 Å². The van der Waals surface area contributed by atoms with Crippen LogP contribution in [0.25, 0.3) is 0 Å². The Morgan fingerprint density at radius 2 is 1.79 bits per heavy atom. The fourth-order valence-electron chi connectivity index (χ4n) is 2.31. The fourth-order valence-corrected chi connectivity index (χ4v) is 2.31. The molecule has 4 nitrogen and oxygen atoms in total. The highest BCUT2D eigenvalue weighted by atomic mass is 15.2. The molecule has 0 aliphatic heterocycles. The molecule has 4 heteroatoms. The van der Waals surface area contributed by atoms with Crippen LogP contribution in [-0.4, -0.2) is 9.97 Å². The summed E-state index contributed by atoms with van der Waals surface area (Å²) in [6.07, 6.45) is 15.1. The van der Waals surface area contributed by atoms with Crippen LogP contribution in [0.5, 0.6) is 0 Å². The lowest BCUT2D eigenvalue weighted by Crippen LogP contribution is -2.28. The fraction of sp³-hybridized carbons (Fsp3) is 0.733. The van der Waals surface area contributed by atoms with E-state index >= 15 is 0 Å². The minimum atomic E-state index is 0.156. The lowest BCUT2D eigenvalue weighted by atomic mass is 10.0. The molecule has 0 fully saturated rings. The minimum absolute atomic E-state index is 0.156. The summed E-state index contributed by atoms with van der Waals surface area (Å²) in [6, 6.07) is 2.08. The van der Waals surface area contributed by atoms with Crippen molar-refractivity contribution >= 4 is 0 Å². The zero-order valence-corrected chi connectivity index (χ0v) is 12.1. The van der Waals surface area contributed by atoms with Crippen LogP contribution in [-0.2, 0) is 0 Å². The molecule has 1 unspecified atom stereocenters. The van der Waals surface area contributed by atoms with Gasteiger partial charge in [-0.25, -0.2) is 9.97 Å². The smallest absolute Gasteiger partial charge is 0.115 e. The summed E-state index contributed by atoms with van der Waals surface area (Å²) in [5, 5.41) is 0. The van der Waals surface area contributed by atoms with Crippen LogP contribution in [0.2, 0.25) is 0 Å². The molecule has 0 radical (unpaired) electrons. The zero-order valence-electron chi connectivity index (χ0n) is 12.1. The Kier molecular flexibility index (Phi) is 9.19. The van der Waals surface area contributed by atoms with Crippen molar-refractivity contribution in [2.75, 3.05) is 0 Å². The molecule has 1 aromatic heterocycles. The number of unbranched alkanes of at least 4 members (excludes halogenated alkanes) is 7. The average Bonchev–Trinajstić information content (AvgIpc) is 2.47. The lowest BCUT2D eigenvalue weighted by molar-refractivity contribution is 0.466. The molecule has 0 amide bonds. The molecular weight excluding hydrogens is 236 g/mol. The average molecular weight is 264 g/mol. The molecule has 0 saturated heterocycles. The second kappa shape index (κ2) is 10.9. The molecule has 108 valence electrons. The predicted molar refractivity (Wildman–Crippen MR) is 79.3 cm³/mol. The summed E-state index contributed by atoms with van der Waals surface area (Å²) in [7, 11) is 0. The van der Waals surface area contributed by atoms with E-state index in [2.05, 4.69) is 22.3 Å². The van der Waals surface area contributed by atoms with Gasteiger partial charge in [0, 0.05) is 6.20 Å². The van der Waals surface area contributed by atoms with Gasteiger partial charge < -0.3 is 0 Å². The second-order valence-corrected chi connectivity index (χ2v) is 5.12. The van der Waals surface area contributed by atoms with Crippen LogP contribution in [0.3, 0.4) is 0 Å². The van der Waals surface area contributed by atoms with Crippen LogP contribution in [0.15, 0.2) is 18.6 Å². The van der Waals surface area contributed by atoms with Crippen LogP contribution in [0, 0.1) is 0 Å². The van der Waals surface area contributed by atoms with Gasteiger partial charge in [0.2, 0.25) is 0 Å². The normalized spacial score (nSPS) is 12.5. The van der Waals surface area contributed by atoms with Crippen molar-refractivity contribution in [2.24, 2.45) is 5.84 Å². The van der Waals surface area contributed by atoms with Crippen molar-refractivity contribution in [2.45, 2.75) is 70.8 Å². The monoisotopic (exact) mass is 264 g/mol. The van der Waals surface area contributed by atoms with E-state index in [-0.39, 0.29) is 6.04 Å². The summed E-state index contributed by atoms with van der Waals surface area (Å²) < 4.78 is 0. The topological polar surface area (TPSA) is 63.8 Å². The molecule has 0 aromatic carbocycles. The summed E-state index contributed by atoms with van der Waals surface area (Å²) in [5.74, 6) is 5.59. The summed E-state index contributed by atoms with van der Waals surface area (Å²) in [4.78, 5) is 8.17. The molecule has 19 heavy (non-hydrogen) atoms. The molecular formula is C15H28N4. The van der Waals surface area contributed by atoms with Gasteiger partial charge in [0.05, 0.1) is 11.7 Å². The number of rotatable bonds is 11. The minimum Gasteiger partial charge on any atom is -0.271 e. The SMILES string of the molecule is CCCCCCCCCCC(NN)c1ccncn1. The quantitative estimate of drug-likeness (QED) is 0.365. The highest BCUT2D eigenvalue weighted by Gasteiger charge is 2.09. The first-order chi connectivity index (χ1) is 9.38. The summed E-state index contributed by atoms with van der Waals surface area (Å²) in [6.45, 7) is 2.26. The lowest BCUT2D eigenvalue weighted by Gasteiger charge is -2.14. The maximum absolute atomic E-state index is 5.59. The van der Waals surface area contributed by atoms with Gasteiger partial charge in [-0.2, -0.15) is 0 Å². The first-order valence-corrected chi connectivity index (χ1v) is 7.60. The van der Waals surface area contributed by atoms with E-state index in [0.29, 0.717) is 0 Å². The number of hydrogen-bond donors (Lipinski definition) is 2. The number of aromatic nitrogens is 2. The first kappa shape index (κ1) is 16.1. The van der Waals surface area contributed by atoms with E-state index in [4.69, 9.17) is 5.84 Å². The van der Waals surface area contributed by atoms with Crippen LogP contribution in [0.1, 0.15) is 76.4 Å². The highest BCUT2D eigenvalue weighted by molar-refractivity contribution is 5.03. The van der Waals surface area contributed by atoms with Crippen molar-refractivity contribution in [3.63, 3.8) is 0 Å². The van der Waals surface area contributed by atoms with E-state index < -0.39 is 0 Å². The Balaban J connectivity index is 2.07. The molecule has 1 aromatic rings. The molecule has 0 saturated carbocycles. The van der Waals surface area contributed by atoms with E-state index in [1.54, 1.807) is 12.5 Å². The Morgan fingerprint density at radius 3 is 2.37 bits per heavy atom. The molecule has 1 atom stereocenters. The van der Waals surface area contributed by atoms with Crippen LogP contribution < -0.4 is 11.3 Å². The Labute approximate surface area is 117 Å². The summed E-state index contributed by atoms with van der Waals surface area (Å²) >= 11 is 0. The Hall–Kier alpha value is -1.00. The predicted octanol–water partition coefficient (Wildman–Crippen LogP) is 3.51. The maximum Gasteiger partial charge on any atom is 0.115 e. The van der Waals surface area contributed by atoms with Gasteiger partial charge in [-0.1, -0.05) is 58.3 Å². The van der Waals surface area contributed by atoms with Crippen molar-refractivity contribution in [1.29, 1.82) is 0 Å². The number of nitrogens with two attached hydrogens (primary N) is 1. The van der Waals surface area contributed by atoms with Crippen molar-refractivity contribution in [1.82, 2.24) is 15.4 Å². The van der Waals surface area contributed by atoms with Gasteiger partial charge >= 0.3 is 0 Å². The number of hydrazine groups is 1. The van der Waals surface area contributed by atoms with Gasteiger partial charge in [0.1, 0.15) is 6.33 Å². The standard InChI is InChI=1S/C15H28N4/c1-2-3-4-5-6-7-8-9-10-15(19-16)14-11-12-17-13-18-14/h11-13,15,19H,2-10,16H2,1H3. The van der Waals surface area contributed by atoms with Crippen molar-refractivity contribution in [3.8, 4) is 0 Å².